The molecule has 0 saturated heterocycles. The molecular formula is C18H22N2O2S2. The third-order valence-corrected chi connectivity index (χ3v) is 5.56. The standard InChI is InChI=1S/C18H22N2O2S2/c1-3-4-5-6-17(22)20-15-9-7-14(8-10-15)16(21)12-24-18-19-13(2)11-23-18/h7-11H,3-6,12H2,1-2H3,(H,20,22). The largest absolute Gasteiger partial charge is 0.326 e. The molecule has 2 aromatic rings. The SMILES string of the molecule is CCCCCC(=O)Nc1ccc(C(=O)CSc2nc(C)cs2)cc1. The second-order valence-electron chi connectivity index (χ2n) is 5.55. The molecule has 0 unspecified atom stereocenters. The van der Waals surface area contributed by atoms with Crippen LogP contribution in [0, 0.1) is 6.92 Å². The Morgan fingerprint density at radius 1 is 1.21 bits per heavy atom. The summed E-state index contributed by atoms with van der Waals surface area (Å²) in [6.07, 6.45) is 3.62. The van der Waals surface area contributed by atoms with Crippen LogP contribution in [0.3, 0.4) is 0 Å². The molecule has 0 fully saturated rings. The fraction of sp³-hybridized carbons (Fsp3) is 0.389. The normalized spacial score (nSPS) is 10.6. The van der Waals surface area contributed by atoms with E-state index in [9.17, 15) is 9.59 Å². The van der Waals surface area contributed by atoms with Gasteiger partial charge in [0.15, 0.2) is 10.1 Å². The molecule has 1 aromatic heterocycles. The lowest BCUT2D eigenvalue weighted by Crippen LogP contribution is -2.11. The number of carbonyl (C=O) groups is 2. The number of hydrogen-bond acceptors (Lipinski definition) is 5. The van der Waals surface area contributed by atoms with Crippen LogP contribution in [-0.4, -0.2) is 22.4 Å². The lowest BCUT2D eigenvalue weighted by atomic mass is 10.1. The van der Waals surface area contributed by atoms with Gasteiger partial charge in [0.1, 0.15) is 0 Å². The molecule has 128 valence electrons. The molecule has 1 amide bonds. The molecule has 0 spiro atoms. The van der Waals surface area contributed by atoms with Gasteiger partial charge in [0.05, 0.1) is 5.75 Å². The number of nitrogens with zero attached hydrogens (tertiary/aromatic N) is 1. The lowest BCUT2D eigenvalue weighted by Gasteiger charge is -2.06. The minimum Gasteiger partial charge on any atom is -0.326 e. The monoisotopic (exact) mass is 362 g/mol. The van der Waals surface area contributed by atoms with E-state index in [2.05, 4.69) is 17.2 Å². The summed E-state index contributed by atoms with van der Waals surface area (Å²) in [7, 11) is 0. The van der Waals surface area contributed by atoms with Crippen molar-refractivity contribution in [1.82, 2.24) is 4.98 Å². The van der Waals surface area contributed by atoms with Crippen molar-refractivity contribution in [3.05, 3.63) is 40.9 Å². The number of unbranched alkanes of at least 4 members (excludes halogenated alkanes) is 2. The molecule has 0 atom stereocenters. The van der Waals surface area contributed by atoms with Gasteiger partial charge >= 0.3 is 0 Å². The second-order valence-corrected chi connectivity index (χ2v) is 7.63. The first kappa shape index (κ1) is 18.7. The van der Waals surface area contributed by atoms with Gasteiger partial charge in [-0.3, -0.25) is 9.59 Å². The molecule has 4 nitrogen and oxygen atoms in total. The van der Waals surface area contributed by atoms with Crippen molar-refractivity contribution in [2.24, 2.45) is 0 Å². The predicted molar refractivity (Wildman–Crippen MR) is 101 cm³/mol. The predicted octanol–water partition coefficient (Wildman–Crippen LogP) is 4.95. The van der Waals surface area contributed by atoms with Gasteiger partial charge in [-0.05, 0) is 37.6 Å². The van der Waals surface area contributed by atoms with Crippen LogP contribution >= 0.6 is 23.1 Å². The summed E-state index contributed by atoms with van der Waals surface area (Å²) in [6.45, 7) is 4.05. The first-order valence-electron chi connectivity index (χ1n) is 8.06. The molecule has 6 heteroatoms. The number of aromatic nitrogens is 1. The minimum atomic E-state index is 0.0252. The quantitative estimate of drug-likeness (QED) is 0.390. The lowest BCUT2D eigenvalue weighted by molar-refractivity contribution is -0.116. The Hall–Kier alpha value is -1.66. The van der Waals surface area contributed by atoms with Gasteiger partial charge in [0, 0.05) is 28.7 Å². The summed E-state index contributed by atoms with van der Waals surface area (Å²) >= 11 is 3.01. The van der Waals surface area contributed by atoms with Crippen LogP contribution in [0.15, 0.2) is 34.0 Å². The van der Waals surface area contributed by atoms with Crippen molar-refractivity contribution in [3.8, 4) is 0 Å². The van der Waals surface area contributed by atoms with E-state index in [4.69, 9.17) is 0 Å². The molecule has 1 N–H and O–H groups in total. The number of aryl methyl sites for hydroxylation is 1. The fourth-order valence-corrected chi connectivity index (χ4v) is 3.85. The highest BCUT2D eigenvalue weighted by Gasteiger charge is 2.09. The smallest absolute Gasteiger partial charge is 0.224 e. The van der Waals surface area contributed by atoms with Crippen molar-refractivity contribution in [2.45, 2.75) is 43.9 Å². The van der Waals surface area contributed by atoms with Crippen LogP contribution in [0.4, 0.5) is 5.69 Å². The number of ketones is 1. The molecular weight excluding hydrogens is 340 g/mol. The van der Waals surface area contributed by atoms with E-state index in [1.54, 1.807) is 35.6 Å². The van der Waals surface area contributed by atoms with E-state index < -0.39 is 0 Å². The maximum Gasteiger partial charge on any atom is 0.224 e. The highest BCUT2D eigenvalue weighted by Crippen LogP contribution is 2.23. The summed E-state index contributed by atoms with van der Waals surface area (Å²) in [4.78, 5) is 28.3. The molecule has 0 aliphatic carbocycles. The molecule has 0 aliphatic rings. The van der Waals surface area contributed by atoms with E-state index in [-0.39, 0.29) is 11.7 Å². The fourth-order valence-electron chi connectivity index (χ4n) is 2.11. The van der Waals surface area contributed by atoms with Gasteiger partial charge in [-0.25, -0.2) is 4.98 Å². The molecule has 0 saturated carbocycles. The first-order chi connectivity index (χ1) is 11.6. The topological polar surface area (TPSA) is 59.1 Å². The highest BCUT2D eigenvalue weighted by molar-refractivity contribution is 8.01. The van der Waals surface area contributed by atoms with Crippen molar-refractivity contribution in [2.75, 3.05) is 11.1 Å². The average Bonchev–Trinajstić information content (AvgIpc) is 2.99. The maximum atomic E-state index is 12.2. The number of anilines is 1. The number of rotatable bonds is 9. The van der Waals surface area contributed by atoms with Gasteiger partial charge in [0.2, 0.25) is 5.91 Å². The van der Waals surface area contributed by atoms with E-state index in [0.29, 0.717) is 17.7 Å². The Balaban J connectivity index is 1.82. The number of nitrogens with one attached hydrogen (secondary N) is 1. The number of hydrogen-bond donors (Lipinski definition) is 1. The Bertz CT molecular complexity index is 681. The Labute approximate surface area is 151 Å². The van der Waals surface area contributed by atoms with Crippen LogP contribution < -0.4 is 5.32 Å². The van der Waals surface area contributed by atoms with Crippen molar-refractivity contribution >= 4 is 40.5 Å². The van der Waals surface area contributed by atoms with E-state index >= 15 is 0 Å². The van der Waals surface area contributed by atoms with Crippen molar-refractivity contribution in [3.63, 3.8) is 0 Å². The highest BCUT2D eigenvalue weighted by atomic mass is 32.2. The third kappa shape index (κ3) is 6.09. The van der Waals surface area contributed by atoms with Crippen LogP contribution in [0.5, 0.6) is 0 Å². The van der Waals surface area contributed by atoms with Gasteiger partial charge in [-0.15, -0.1) is 11.3 Å². The first-order valence-corrected chi connectivity index (χ1v) is 9.93. The van der Waals surface area contributed by atoms with Gasteiger partial charge in [-0.1, -0.05) is 31.5 Å². The molecule has 0 bridgehead atoms. The van der Waals surface area contributed by atoms with Crippen LogP contribution in [-0.2, 0) is 4.79 Å². The zero-order valence-electron chi connectivity index (χ0n) is 14.0. The number of amides is 1. The molecule has 1 heterocycles. The third-order valence-electron chi connectivity index (χ3n) is 3.42. The van der Waals surface area contributed by atoms with Crippen molar-refractivity contribution < 1.29 is 9.59 Å². The zero-order valence-corrected chi connectivity index (χ0v) is 15.6. The Kier molecular flexibility index (Phi) is 7.46. The second kappa shape index (κ2) is 9.59. The zero-order chi connectivity index (χ0) is 17.4. The molecule has 24 heavy (non-hydrogen) atoms. The molecule has 0 radical (unpaired) electrons. The molecule has 0 aliphatic heterocycles. The van der Waals surface area contributed by atoms with Crippen LogP contribution in [0.1, 0.15) is 48.7 Å². The van der Waals surface area contributed by atoms with Crippen LogP contribution in [0.2, 0.25) is 0 Å². The summed E-state index contributed by atoms with van der Waals surface area (Å²) < 4.78 is 0.914. The van der Waals surface area contributed by atoms with Gasteiger partial charge in [-0.2, -0.15) is 0 Å². The van der Waals surface area contributed by atoms with Gasteiger partial charge < -0.3 is 5.32 Å². The summed E-state index contributed by atoms with van der Waals surface area (Å²) in [6, 6.07) is 7.08. The number of benzene rings is 1. The number of carbonyl (C=O) groups excluding carboxylic acids is 2. The molecule has 2 rings (SSSR count). The minimum absolute atomic E-state index is 0.0252. The summed E-state index contributed by atoms with van der Waals surface area (Å²) in [5, 5.41) is 4.84. The summed E-state index contributed by atoms with van der Waals surface area (Å²) in [5.41, 5.74) is 2.37. The van der Waals surface area contributed by atoms with Crippen molar-refractivity contribution in [1.29, 1.82) is 0 Å². The number of thioether (sulfide) groups is 1. The maximum absolute atomic E-state index is 12.2. The Morgan fingerprint density at radius 2 is 1.96 bits per heavy atom. The van der Waals surface area contributed by atoms with E-state index in [1.807, 2.05) is 12.3 Å². The number of Topliss-reactive ketones (excluding diaryl/α,β-unsaturated/α-hetero) is 1. The molecule has 1 aromatic carbocycles. The van der Waals surface area contributed by atoms with E-state index in [1.165, 1.54) is 11.8 Å². The summed E-state index contributed by atoms with van der Waals surface area (Å²) in [5.74, 6) is 0.460. The van der Waals surface area contributed by atoms with Crippen LogP contribution in [0.25, 0.3) is 0 Å². The van der Waals surface area contributed by atoms with E-state index in [0.717, 1.165) is 35.0 Å². The average molecular weight is 363 g/mol. The van der Waals surface area contributed by atoms with Gasteiger partial charge in [0.25, 0.3) is 0 Å². The number of thiazole rings is 1. The Morgan fingerprint density at radius 3 is 2.58 bits per heavy atom.